The minimum atomic E-state index is -0.00971. The largest absolute Gasteiger partial charge is 0.526 e. The standard InChI is InChI=1S/C13H6N4/c1-9-6-10(11(7-14)8-15)4-5-12(9)13(16-2)17-3/h4-6H,1H3. The lowest BCUT2D eigenvalue weighted by Crippen LogP contribution is -2.15. The van der Waals surface area contributed by atoms with Gasteiger partial charge in [0.15, 0.2) is 0 Å². The lowest BCUT2D eigenvalue weighted by Gasteiger charge is -1.92. The van der Waals surface area contributed by atoms with E-state index in [9.17, 15) is 0 Å². The molecule has 0 fully saturated rings. The van der Waals surface area contributed by atoms with E-state index in [1.54, 1.807) is 37.3 Å². The summed E-state index contributed by atoms with van der Waals surface area (Å²) in [5.41, 5.74) is 0.722. The Kier molecular flexibility index (Phi) is 3.62. The molecule has 0 unspecified atom stereocenters. The molecule has 0 amide bonds. The van der Waals surface area contributed by atoms with Crippen LogP contribution in [0.4, 0.5) is 0 Å². The monoisotopic (exact) mass is 218 g/mol. The molecule has 0 aliphatic heterocycles. The first kappa shape index (κ1) is 12.0. The van der Waals surface area contributed by atoms with Crippen molar-refractivity contribution in [1.29, 1.82) is 10.5 Å². The summed E-state index contributed by atoms with van der Waals surface area (Å²) in [5, 5.41) is 18.5. The van der Waals surface area contributed by atoms with Crippen LogP contribution in [0.3, 0.4) is 0 Å². The van der Waals surface area contributed by atoms with Crippen molar-refractivity contribution in [3.05, 3.63) is 57.0 Å². The smallest absolute Gasteiger partial charge is 0.192 e. The molecule has 0 aliphatic carbocycles. The van der Waals surface area contributed by atoms with Gasteiger partial charge in [-0.3, -0.25) is 0 Å². The first-order valence-corrected chi connectivity index (χ1v) is 4.58. The number of hydrogen-bond acceptors (Lipinski definition) is 2. The van der Waals surface area contributed by atoms with Crippen molar-refractivity contribution in [3.8, 4) is 12.1 Å². The van der Waals surface area contributed by atoms with E-state index in [0.717, 1.165) is 0 Å². The molecule has 4 nitrogen and oxygen atoms in total. The molecular formula is C13H6N4. The van der Waals surface area contributed by atoms with E-state index in [1.807, 2.05) is 0 Å². The minimum Gasteiger partial charge on any atom is -0.192 e. The van der Waals surface area contributed by atoms with E-state index < -0.39 is 0 Å². The number of hydrogen-bond donors (Lipinski definition) is 0. The Bertz CT molecular complexity index is 711. The second kappa shape index (κ2) is 5.13. The van der Waals surface area contributed by atoms with Crippen LogP contribution >= 0.6 is 0 Å². The van der Waals surface area contributed by atoms with Gasteiger partial charge in [0.2, 0.25) is 0 Å². The van der Waals surface area contributed by atoms with Crippen molar-refractivity contribution in [2.24, 2.45) is 0 Å². The first-order chi connectivity index (χ1) is 8.17. The fourth-order valence-corrected chi connectivity index (χ4v) is 1.37. The van der Waals surface area contributed by atoms with Crippen molar-refractivity contribution in [2.45, 2.75) is 6.92 Å². The maximum atomic E-state index is 8.73. The Morgan fingerprint density at radius 3 is 2.18 bits per heavy atom. The van der Waals surface area contributed by atoms with Gasteiger partial charge in [0, 0.05) is 5.22 Å². The highest BCUT2D eigenvalue weighted by Gasteiger charge is 2.06. The third-order valence-electron chi connectivity index (χ3n) is 2.19. The molecule has 1 aromatic rings. The van der Waals surface area contributed by atoms with Crippen molar-refractivity contribution in [3.63, 3.8) is 0 Å². The quantitative estimate of drug-likeness (QED) is 0.612. The summed E-state index contributed by atoms with van der Waals surface area (Å²) in [6, 6.07) is 8.39. The molecule has 1 rings (SSSR count). The normalized spacial score (nSPS) is 8.06. The fraction of sp³-hybridized carbons (Fsp3) is 0.0769. The van der Waals surface area contributed by atoms with E-state index in [-0.39, 0.29) is 11.4 Å². The Morgan fingerprint density at radius 1 is 1.18 bits per heavy atom. The van der Waals surface area contributed by atoms with E-state index in [4.69, 9.17) is 23.7 Å². The number of nitrogens with zero attached hydrogens (tertiary/aromatic N) is 4. The molecule has 0 aromatic heterocycles. The van der Waals surface area contributed by atoms with Gasteiger partial charge in [0.25, 0.3) is 0 Å². The average Bonchev–Trinajstić information content (AvgIpc) is 2.34. The van der Waals surface area contributed by atoms with Gasteiger partial charge in [-0.15, -0.1) is 0 Å². The second-order valence-electron chi connectivity index (χ2n) is 3.18. The summed E-state index contributed by atoms with van der Waals surface area (Å²) in [4.78, 5) is 6.26. The second-order valence-corrected chi connectivity index (χ2v) is 3.18. The molecule has 1 aromatic carbocycles. The van der Waals surface area contributed by atoms with Crippen molar-refractivity contribution in [1.82, 2.24) is 0 Å². The molecule has 0 N–H and O–H groups in total. The Balaban J connectivity index is 3.78. The number of benzene rings is 1. The molecule has 0 saturated carbocycles. The highest BCUT2D eigenvalue weighted by Crippen LogP contribution is 1.98. The van der Waals surface area contributed by atoms with Gasteiger partial charge in [0.05, 0.1) is 5.22 Å². The number of aryl methyl sites for hydroxylation is 1. The molecule has 0 aliphatic rings. The topological polar surface area (TPSA) is 56.3 Å². The third-order valence-corrected chi connectivity index (χ3v) is 2.19. The highest BCUT2D eigenvalue weighted by atomic mass is 14.9. The summed E-state index contributed by atoms with van der Waals surface area (Å²) >= 11 is 0. The summed E-state index contributed by atoms with van der Waals surface area (Å²) in [6.07, 6.45) is 0. The SMILES string of the molecule is [C-]#[N+]C([N+]#[C-])=c1ccc(=C(C#N)C#N)cc1C. The molecular weight excluding hydrogens is 212 g/mol. The minimum absolute atomic E-state index is 0.00971. The number of nitriles is 2. The zero-order chi connectivity index (χ0) is 12.8. The van der Waals surface area contributed by atoms with Crippen LogP contribution in [-0.2, 0) is 0 Å². The van der Waals surface area contributed by atoms with Crippen LogP contribution in [0.15, 0.2) is 18.2 Å². The Labute approximate surface area is 98.6 Å². The van der Waals surface area contributed by atoms with Crippen LogP contribution in [0.25, 0.3) is 21.1 Å². The molecule has 4 heteroatoms. The van der Waals surface area contributed by atoms with E-state index in [0.29, 0.717) is 16.0 Å². The third kappa shape index (κ3) is 2.29. The number of rotatable bonds is 0. The maximum absolute atomic E-state index is 8.73. The van der Waals surface area contributed by atoms with E-state index in [1.165, 1.54) is 0 Å². The molecule has 0 saturated heterocycles. The highest BCUT2D eigenvalue weighted by molar-refractivity contribution is 5.72. The van der Waals surface area contributed by atoms with E-state index in [2.05, 4.69) is 9.69 Å². The summed E-state index contributed by atoms with van der Waals surface area (Å²) in [6.45, 7) is 15.5. The molecule has 0 bridgehead atoms. The molecule has 0 spiro atoms. The molecule has 78 valence electrons. The van der Waals surface area contributed by atoms with Gasteiger partial charge in [-0.05, 0) is 12.5 Å². The Morgan fingerprint density at radius 2 is 1.76 bits per heavy atom. The van der Waals surface area contributed by atoms with Crippen molar-refractivity contribution < 1.29 is 0 Å². The average molecular weight is 218 g/mol. The molecule has 0 atom stereocenters. The lowest BCUT2D eigenvalue weighted by atomic mass is 10.1. The Hall–Kier alpha value is -3.08. The van der Waals surface area contributed by atoms with Crippen LogP contribution in [0.1, 0.15) is 5.56 Å². The molecule has 0 radical (unpaired) electrons. The van der Waals surface area contributed by atoms with Gasteiger partial charge in [-0.25, -0.2) is 0 Å². The van der Waals surface area contributed by atoms with Gasteiger partial charge in [0.1, 0.15) is 30.9 Å². The summed E-state index contributed by atoms with van der Waals surface area (Å²) in [7, 11) is 0. The predicted molar refractivity (Wildman–Crippen MR) is 61.7 cm³/mol. The van der Waals surface area contributed by atoms with Crippen LogP contribution in [-0.4, -0.2) is 0 Å². The summed E-state index contributed by atoms with van der Waals surface area (Å²) < 4.78 is 0. The van der Waals surface area contributed by atoms with E-state index >= 15 is 0 Å². The summed E-state index contributed by atoms with van der Waals surface area (Å²) in [5.74, 6) is -0.00971. The van der Waals surface area contributed by atoms with Crippen LogP contribution in [0.2, 0.25) is 0 Å². The van der Waals surface area contributed by atoms with Crippen molar-refractivity contribution in [2.75, 3.05) is 0 Å². The van der Waals surface area contributed by atoms with Crippen LogP contribution in [0, 0.1) is 42.7 Å². The van der Waals surface area contributed by atoms with Crippen LogP contribution in [0.5, 0.6) is 0 Å². The zero-order valence-corrected chi connectivity index (χ0v) is 9.02. The zero-order valence-electron chi connectivity index (χ0n) is 9.02. The van der Waals surface area contributed by atoms with Gasteiger partial charge >= 0.3 is 5.82 Å². The maximum Gasteiger partial charge on any atom is 0.526 e. The lowest BCUT2D eigenvalue weighted by molar-refractivity contribution is 1.36. The van der Waals surface area contributed by atoms with Gasteiger partial charge < -0.3 is 0 Å². The predicted octanol–water partition coefficient (Wildman–Crippen LogP) is 1.10. The van der Waals surface area contributed by atoms with Gasteiger partial charge in [-0.1, -0.05) is 18.2 Å². The fourth-order valence-electron chi connectivity index (χ4n) is 1.37. The first-order valence-electron chi connectivity index (χ1n) is 4.58. The van der Waals surface area contributed by atoms with Crippen molar-refractivity contribution >= 4 is 11.4 Å². The molecule has 0 heterocycles. The molecule has 17 heavy (non-hydrogen) atoms. The van der Waals surface area contributed by atoms with Gasteiger partial charge in [-0.2, -0.15) is 20.2 Å². The van der Waals surface area contributed by atoms with Crippen LogP contribution < -0.4 is 10.4 Å².